The summed E-state index contributed by atoms with van der Waals surface area (Å²) in [6.45, 7) is 4.51. The van der Waals surface area contributed by atoms with Crippen LogP contribution in [0.4, 0.5) is 0 Å². The van der Waals surface area contributed by atoms with E-state index < -0.39 is 0 Å². The number of nitrogens with two attached hydrogens (primary N) is 1. The number of nitrogens with one attached hydrogen (secondary N) is 1. The lowest BCUT2D eigenvalue weighted by atomic mass is 10.3. The Morgan fingerprint density at radius 2 is 2.20 bits per heavy atom. The lowest BCUT2D eigenvalue weighted by molar-refractivity contribution is 0.546. The maximum absolute atomic E-state index is 5.53. The maximum Gasteiger partial charge on any atom is 0.154 e. The van der Waals surface area contributed by atoms with Gasteiger partial charge < -0.3 is 15.1 Å². The van der Waals surface area contributed by atoms with Crippen LogP contribution in [0.3, 0.4) is 0 Å². The smallest absolute Gasteiger partial charge is 0.154 e. The summed E-state index contributed by atoms with van der Waals surface area (Å²) in [6.07, 6.45) is 0.764. The molecule has 2 rings (SSSR count). The van der Waals surface area contributed by atoms with Crippen LogP contribution in [-0.4, -0.2) is 16.5 Å². The van der Waals surface area contributed by atoms with Gasteiger partial charge in [-0.1, -0.05) is 0 Å². The van der Waals surface area contributed by atoms with Gasteiger partial charge in [0, 0.05) is 12.1 Å². The lowest BCUT2D eigenvalue weighted by Crippen LogP contribution is -2.03. The van der Waals surface area contributed by atoms with E-state index in [0.717, 1.165) is 35.2 Å². The van der Waals surface area contributed by atoms with Gasteiger partial charge in [-0.05, 0) is 32.5 Å². The molecule has 0 unspecified atom stereocenters. The molecule has 0 amide bonds. The highest BCUT2D eigenvalue weighted by Gasteiger charge is 2.11. The Labute approximate surface area is 88.5 Å². The Morgan fingerprint density at radius 3 is 2.80 bits per heavy atom. The summed E-state index contributed by atoms with van der Waals surface area (Å²) >= 11 is 0. The molecule has 0 fully saturated rings. The molecule has 0 aliphatic heterocycles. The van der Waals surface area contributed by atoms with Crippen LogP contribution in [0.15, 0.2) is 16.5 Å². The van der Waals surface area contributed by atoms with E-state index in [-0.39, 0.29) is 0 Å². The van der Waals surface area contributed by atoms with E-state index in [4.69, 9.17) is 10.2 Å². The number of H-pyrrole nitrogens is 1. The Hall–Kier alpha value is -1.55. The van der Waals surface area contributed by atoms with Crippen molar-refractivity contribution in [3.63, 3.8) is 0 Å². The molecule has 4 nitrogen and oxygen atoms in total. The molecule has 0 atom stereocenters. The molecular weight excluding hydrogens is 190 g/mol. The summed E-state index contributed by atoms with van der Waals surface area (Å²) in [6, 6.07) is 3.87. The lowest BCUT2D eigenvalue weighted by Gasteiger charge is -1.91. The molecular formula is C11H15N3O. The van der Waals surface area contributed by atoms with Gasteiger partial charge in [0.05, 0.1) is 0 Å². The maximum atomic E-state index is 5.53. The Balaban J connectivity index is 2.35. The molecule has 0 saturated carbocycles. The van der Waals surface area contributed by atoms with Crippen molar-refractivity contribution in [1.82, 2.24) is 9.97 Å². The van der Waals surface area contributed by atoms with Crippen LogP contribution in [0.25, 0.3) is 11.5 Å². The third-order valence-corrected chi connectivity index (χ3v) is 2.29. The third-order valence-electron chi connectivity index (χ3n) is 2.29. The standard InChI is InChI=1S/C11H15N3O/c1-7-3-4-9(15-7)11-8(2)13-10(14-11)5-6-12/h3-4H,5-6,12H2,1-2H3,(H,13,14). The van der Waals surface area contributed by atoms with Crippen molar-refractivity contribution in [2.24, 2.45) is 5.73 Å². The first-order valence-corrected chi connectivity index (χ1v) is 5.03. The van der Waals surface area contributed by atoms with E-state index in [0.29, 0.717) is 6.54 Å². The van der Waals surface area contributed by atoms with Crippen molar-refractivity contribution in [1.29, 1.82) is 0 Å². The van der Waals surface area contributed by atoms with Crippen LogP contribution in [-0.2, 0) is 6.42 Å². The number of rotatable bonds is 3. The first kappa shape index (κ1) is 9.98. The second kappa shape index (κ2) is 3.90. The van der Waals surface area contributed by atoms with E-state index in [9.17, 15) is 0 Å². The Morgan fingerprint density at radius 1 is 1.40 bits per heavy atom. The summed E-state index contributed by atoms with van der Waals surface area (Å²) in [5.74, 6) is 2.62. The SMILES string of the molecule is Cc1ccc(-c2nc(CCN)[nH]c2C)o1. The second-order valence-electron chi connectivity index (χ2n) is 3.61. The molecule has 2 heterocycles. The van der Waals surface area contributed by atoms with E-state index in [1.165, 1.54) is 0 Å². The van der Waals surface area contributed by atoms with Crippen molar-refractivity contribution in [2.75, 3.05) is 6.54 Å². The topological polar surface area (TPSA) is 67.8 Å². The highest BCUT2D eigenvalue weighted by Crippen LogP contribution is 2.23. The van der Waals surface area contributed by atoms with E-state index in [1.807, 2.05) is 26.0 Å². The summed E-state index contributed by atoms with van der Waals surface area (Å²) < 4.78 is 5.53. The van der Waals surface area contributed by atoms with Crippen molar-refractivity contribution in [2.45, 2.75) is 20.3 Å². The van der Waals surface area contributed by atoms with Crippen molar-refractivity contribution < 1.29 is 4.42 Å². The largest absolute Gasteiger partial charge is 0.460 e. The zero-order chi connectivity index (χ0) is 10.8. The minimum atomic E-state index is 0.601. The predicted octanol–water partition coefficient (Wildman–Crippen LogP) is 1.79. The van der Waals surface area contributed by atoms with Crippen molar-refractivity contribution in [3.05, 3.63) is 29.4 Å². The zero-order valence-electron chi connectivity index (χ0n) is 9.00. The second-order valence-corrected chi connectivity index (χ2v) is 3.61. The van der Waals surface area contributed by atoms with Gasteiger partial charge in [-0.3, -0.25) is 0 Å². The minimum Gasteiger partial charge on any atom is -0.460 e. The monoisotopic (exact) mass is 205 g/mol. The van der Waals surface area contributed by atoms with E-state index >= 15 is 0 Å². The van der Waals surface area contributed by atoms with Gasteiger partial charge >= 0.3 is 0 Å². The Kier molecular flexibility index (Phi) is 2.60. The van der Waals surface area contributed by atoms with Gasteiger partial charge in [-0.15, -0.1) is 0 Å². The average Bonchev–Trinajstić information content (AvgIpc) is 2.73. The first-order valence-electron chi connectivity index (χ1n) is 5.03. The predicted molar refractivity (Wildman–Crippen MR) is 58.5 cm³/mol. The molecule has 0 aliphatic rings. The fourth-order valence-electron chi connectivity index (χ4n) is 1.58. The zero-order valence-corrected chi connectivity index (χ0v) is 9.00. The number of aromatic amines is 1. The molecule has 0 saturated heterocycles. The van der Waals surface area contributed by atoms with Crippen LogP contribution in [0.5, 0.6) is 0 Å². The molecule has 15 heavy (non-hydrogen) atoms. The van der Waals surface area contributed by atoms with Crippen molar-refractivity contribution >= 4 is 0 Å². The number of hydrogen-bond acceptors (Lipinski definition) is 3. The van der Waals surface area contributed by atoms with Gasteiger partial charge in [0.25, 0.3) is 0 Å². The molecule has 4 heteroatoms. The molecule has 0 radical (unpaired) electrons. The fourth-order valence-corrected chi connectivity index (χ4v) is 1.58. The molecule has 0 aliphatic carbocycles. The van der Waals surface area contributed by atoms with Gasteiger partial charge in [-0.2, -0.15) is 0 Å². The van der Waals surface area contributed by atoms with Crippen LogP contribution in [0.2, 0.25) is 0 Å². The normalized spacial score (nSPS) is 10.9. The molecule has 0 spiro atoms. The van der Waals surface area contributed by atoms with E-state index in [1.54, 1.807) is 0 Å². The number of aryl methyl sites for hydroxylation is 2. The highest BCUT2D eigenvalue weighted by molar-refractivity contribution is 5.55. The van der Waals surface area contributed by atoms with Crippen LogP contribution in [0.1, 0.15) is 17.3 Å². The van der Waals surface area contributed by atoms with Crippen LogP contribution < -0.4 is 5.73 Å². The van der Waals surface area contributed by atoms with Gasteiger partial charge in [0.1, 0.15) is 17.3 Å². The quantitative estimate of drug-likeness (QED) is 0.802. The highest BCUT2D eigenvalue weighted by atomic mass is 16.3. The van der Waals surface area contributed by atoms with Gasteiger partial charge in [0.2, 0.25) is 0 Å². The summed E-state index contributed by atoms with van der Waals surface area (Å²) in [5, 5.41) is 0. The summed E-state index contributed by atoms with van der Waals surface area (Å²) in [7, 11) is 0. The average molecular weight is 205 g/mol. The van der Waals surface area contributed by atoms with Gasteiger partial charge in [0.15, 0.2) is 5.76 Å². The number of aromatic nitrogens is 2. The molecule has 2 aromatic rings. The van der Waals surface area contributed by atoms with E-state index in [2.05, 4.69) is 9.97 Å². The fraction of sp³-hybridized carbons (Fsp3) is 0.364. The minimum absolute atomic E-state index is 0.601. The molecule has 2 aromatic heterocycles. The number of hydrogen-bond donors (Lipinski definition) is 2. The molecule has 80 valence electrons. The van der Waals surface area contributed by atoms with Crippen LogP contribution >= 0.6 is 0 Å². The third kappa shape index (κ3) is 1.94. The summed E-state index contributed by atoms with van der Waals surface area (Å²) in [4.78, 5) is 7.66. The molecule has 3 N–H and O–H groups in total. The number of imidazole rings is 1. The first-order chi connectivity index (χ1) is 7.20. The van der Waals surface area contributed by atoms with Crippen molar-refractivity contribution in [3.8, 4) is 11.5 Å². The van der Waals surface area contributed by atoms with Gasteiger partial charge in [-0.25, -0.2) is 4.98 Å². The number of nitrogens with zero attached hydrogens (tertiary/aromatic N) is 1. The number of furan rings is 1. The molecule has 0 aromatic carbocycles. The Bertz CT molecular complexity index is 456. The molecule has 0 bridgehead atoms. The summed E-state index contributed by atoms with van der Waals surface area (Å²) in [5.41, 5.74) is 7.38. The van der Waals surface area contributed by atoms with Crippen LogP contribution in [0, 0.1) is 13.8 Å².